The van der Waals surface area contributed by atoms with Crippen LogP contribution in [-0.2, 0) is 66.5 Å². The number of aliphatic hydroxyl groups is 8. The van der Waals surface area contributed by atoms with Crippen molar-refractivity contribution < 1.29 is 113 Å². The van der Waals surface area contributed by atoms with Crippen LogP contribution >= 0.6 is 0 Å². The van der Waals surface area contributed by atoms with Crippen molar-refractivity contribution in [2.45, 2.75) is 337 Å². The molecule has 1 aliphatic carbocycles. The fourth-order valence-corrected chi connectivity index (χ4v) is 14.3. The maximum Gasteiger partial charge on any atom is 0.335 e. The van der Waals surface area contributed by atoms with Gasteiger partial charge in [-0.05, 0) is 103 Å². The molecule has 3 amide bonds. The van der Waals surface area contributed by atoms with E-state index in [4.69, 9.17) is 47.4 Å². The van der Waals surface area contributed by atoms with Gasteiger partial charge in [-0.25, -0.2) is 4.79 Å². The topological polar surface area (TPSA) is 403 Å². The molecule has 28 nitrogen and oxygen atoms in total. The number of aliphatic hydroxyl groups excluding tert-OH is 8. The normalized spacial score (nSPS) is 37.3. The van der Waals surface area contributed by atoms with Crippen LogP contribution in [0, 0.1) is 5.92 Å². The SMILES string of the molecule is CCCCC[C@](C)(NCCCCCCNCCCCCO[C@@H]1OC(C)[C@H](O)C(O[C@@H]2OC(C)[C@@H](O[C@@H]3OC(CO)[C@@H](O)C(O)C3O)C(O[C@@H]3OC(C(=O)O)[C@@H](O)C(O)C3O[C@@H]3OC(CCCC(CC)CCC)CC(O)[C@@H]3NC(C)=O)C2NC(C)=O)C1NC(C)=O)/C1=C/C=C\C=C/C=C\C=C/C=C\C1. The van der Waals surface area contributed by atoms with Crippen LogP contribution in [0.25, 0.3) is 0 Å². The number of allylic oxidation sites excluding steroid dienone is 11. The number of carbonyl (C=O) groups is 4. The number of ether oxygens (including phenoxy) is 10. The number of rotatable bonds is 40. The van der Waals surface area contributed by atoms with E-state index in [2.05, 4.69) is 90.7 Å². The van der Waals surface area contributed by atoms with Gasteiger partial charge in [0.25, 0.3) is 0 Å². The maximum absolute atomic E-state index is 13.6. The minimum Gasteiger partial charge on any atom is -0.479 e. The van der Waals surface area contributed by atoms with Crippen molar-refractivity contribution in [1.29, 1.82) is 0 Å². The molecule has 6 aliphatic rings. The summed E-state index contributed by atoms with van der Waals surface area (Å²) in [7, 11) is 0. The maximum atomic E-state index is 13.6. The molecule has 5 aliphatic heterocycles. The number of carboxylic acid groups (broad SMARTS) is 1. The van der Waals surface area contributed by atoms with Gasteiger partial charge in [-0.2, -0.15) is 0 Å². The summed E-state index contributed by atoms with van der Waals surface area (Å²) < 4.78 is 63.6. The van der Waals surface area contributed by atoms with Crippen molar-refractivity contribution in [2.24, 2.45) is 5.92 Å². The second-order valence-electron chi connectivity index (χ2n) is 28.5. The summed E-state index contributed by atoms with van der Waals surface area (Å²) in [5.74, 6) is -3.22. The number of carbonyl (C=O) groups excluding carboxylic acids is 3. The first-order valence-electron chi connectivity index (χ1n) is 37.8. The number of unbranched alkanes of at least 4 members (excludes halogenated alkanes) is 7. The van der Waals surface area contributed by atoms with Crippen LogP contribution in [0.2, 0.25) is 0 Å². The van der Waals surface area contributed by atoms with E-state index in [-0.39, 0.29) is 18.6 Å². The molecule has 5 fully saturated rings. The highest BCUT2D eigenvalue weighted by Gasteiger charge is 2.58. The monoisotopic (exact) mass is 1460 g/mol. The predicted molar refractivity (Wildman–Crippen MR) is 381 cm³/mol. The van der Waals surface area contributed by atoms with Crippen molar-refractivity contribution in [3.63, 3.8) is 0 Å². The predicted octanol–water partition coefficient (Wildman–Crippen LogP) is 4.07. The Balaban J connectivity index is 1.15. The highest BCUT2D eigenvalue weighted by Crippen LogP contribution is 2.39. The van der Waals surface area contributed by atoms with Crippen molar-refractivity contribution >= 4 is 23.7 Å². The standard InChI is InChI=1S/C75H125N5O23/c1-10-13-27-38-75(9,51-35-25-20-18-16-14-15-17-19-21-26-36-51)77-41-30-23-22-28-39-76-40-29-24-31-42-94-70-56(79-48(7)83)65(58(86)45(4)95-70)100-72-57(80-49(8)84)66(64(46(5)96-72)99-73-63(91)60(88)59(87)54(44-81)98-73)101-74-68(62(90)61(89)67(102-74)69(92)93)103-71-55(78-47(6)82)53(85)43-52(97-71)37-32-34-50(12-3)33-11-2/h14-21,25-26,35,45-46,50,52-68,70-74,76-77,81,85-91H,10-13,22-24,27-34,36-44H2,1-9H3,(H,78,82)(H,79,83)(H,80,84)(H,92,93)/b15-14-,18-16-,19-17-,25-20-,26-21-,51-35+/t45?,46?,50?,52?,53?,54?,55-,56?,57?,58-,59+,60?,61-,62?,63?,64+,65?,66?,67?,68?,70+,71-,72-,73-,74+,75-/m0/s1. The smallest absolute Gasteiger partial charge is 0.335 e. The lowest BCUT2D eigenvalue weighted by Gasteiger charge is -2.52. The molecule has 14 N–H and O–H groups in total. The average molecular weight is 1460 g/mol. The zero-order valence-electron chi connectivity index (χ0n) is 62.0. The number of hydrogen-bond acceptors (Lipinski definition) is 24. The molecule has 28 heteroatoms. The summed E-state index contributed by atoms with van der Waals surface area (Å²) in [5, 5.41) is 116. The highest BCUT2D eigenvalue weighted by molar-refractivity contribution is 5.74. The minimum absolute atomic E-state index is 0.0704. The lowest BCUT2D eigenvalue weighted by Crippen LogP contribution is -2.71. The third-order valence-corrected chi connectivity index (χ3v) is 20.2. The Morgan fingerprint density at radius 3 is 1.76 bits per heavy atom. The molecule has 0 aromatic carbocycles. The van der Waals surface area contributed by atoms with E-state index in [1.165, 1.54) is 39.2 Å². The molecular formula is C75H125N5O23. The van der Waals surface area contributed by atoms with Crippen LogP contribution in [0.1, 0.15) is 184 Å². The quantitative estimate of drug-likeness (QED) is 0.0384. The minimum atomic E-state index is -2.23. The van der Waals surface area contributed by atoms with Gasteiger partial charge in [0, 0.05) is 39.3 Å². The number of nitrogens with one attached hydrogen (secondary N) is 5. The lowest BCUT2D eigenvalue weighted by molar-refractivity contribution is -0.387. The first-order valence-corrected chi connectivity index (χ1v) is 37.8. The van der Waals surface area contributed by atoms with Gasteiger partial charge in [-0.1, -0.05) is 152 Å². The molecule has 5 heterocycles. The molecule has 588 valence electrons. The van der Waals surface area contributed by atoms with Gasteiger partial charge in [0.15, 0.2) is 37.6 Å². The molecule has 5 saturated heterocycles. The summed E-state index contributed by atoms with van der Waals surface area (Å²) in [4.78, 5) is 52.3. The Bertz CT molecular complexity index is 2710. The van der Waals surface area contributed by atoms with Crippen LogP contribution in [0.3, 0.4) is 0 Å². The van der Waals surface area contributed by atoms with E-state index in [1.54, 1.807) is 6.92 Å². The van der Waals surface area contributed by atoms with Gasteiger partial charge in [0.2, 0.25) is 17.7 Å². The van der Waals surface area contributed by atoms with Crippen LogP contribution in [-0.4, -0.2) is 255 Å². The molecule has 0 saturated carbocycles. The number of amides is 3. The molecular weight excluding hydrogens is 1340 g/mol. The van der Waals surface area contributed by atoms with Gasteiger partial charge in [0.1, 0.15) is 85.3 Å². The summed E-state index contributed by atoms with van der Waals surface area (Å²) in [5.41, 5.74) is 1.25. The molecule has 6 rings (SSSR count). The summed E-state index contributed by atoms with van der Waals surface area (Å²) in [6, 6.07) is -4.23. The largest absolute Gasteiger partial charge is 0.479 e. The average Bonchev–Trinajstić information content (AvgIpc) is 0.761. The second-order valence-corrected chi connectivity index (χ2v) is 28.5. The Kier molecular flexibility index (Phi) is 38.5. The molecule has 0 aromatic heterocycles. The first kappa shape index (κ1) is 87.4. The highest BCUT2D eigenvalue weighted by atomic mass is 16.8. The molecule has 0 bridgehead atoms. The van der Waals surface area contributed by atoms with Gasteiger partial charge in [-0.15, -0.1) is 0 Å². The molecule has 26 atom stereocenters. The van der Waals surface area contributed by atoms with Gasteiger partial charge in [-0.3, -0.25) is 14.4 Å². The first-order chi connectivity index (χ1) is 49.4. The van der Waals surface area contributed by atoms with Crippen molar-refractivity contribution in [3.8, 4) is 0 Å². The second kappa shape index (κ2) is 45.4. The van der Waals surface area contributed by atoms with Crippen LogP contribution in [0.4, 0.5) is 0 Å². The Morgan fingerprint density at radius 2 is 1.13 bits per heavy atom. The van der Waals surface area contributed by atoms with Crippen LogP contribution in [0.5, 0.6) is 0 Å². The molecule has 15 unspecified atom stereocenters. The fourth-order valence-electron chi connectivity index (χ4n) is 14.3. The van der Waals surface area contributed by atoms with Crippen molar-refractivity contribution in [1.82, 2.24) is 26.6 Å². The van der Waals surface area contributed by atoms with E-state index >= 15 is 0 Å². The Hall–Kier alpha value is -4.48. The van der Waals surface area contributed by atoms with E-state index in [0.29, 0.717) is 25.2 Å². The Labute approximate surface area is 608 Å². The molecule has 0 radical (unpaired) electrons. The number of hydrogen-bond donors (Lipinski definition) is 14. The summed E-state index contributed by atoms with van der Waals surface area (Å²) in [6.45, 7) is 17.3. The number of aliphatic carboxylic acids is 1. The van der Waals surface area contributed by atoms with E-state index in [1.807, 2.05) is 30.4 Å². The van der Waals surface area contributed by atoms with E-state index in [0.717, 1.165) is 110 Å². The molecule has 0 spiro atoms. The zero-order valence-corrected chi connectivity index (χ0v) is 62.0. The zero-order chi connectivity index (χ0) is 75.2. The molecule has 0 aromatic rings. The molecule has 103 heavy (non-hydrogen) atoms. The lowest BCUT2D eigenvalue weighted by atomic mass is 9.83. The van der Waals surface area contributed by atoms with E-state index in [9.17, 15) is 65.1 Å². The van der Waals surface area contributed by atoms with Crippen molar-refractivity contribution in [2.75, 3.05) is 32.8 Å². The summed E-state index contributed by atoms with van der Waals surface area (Å²) in [6.07, 6.45) is 4.88. The van der Waals surface area contributed by atoms with Gasteiger partial charge in [0.05, 0.1) is 31.0 Å². The number of carboxylic acids is 1. The third-order valence-electron chi connectivity index (χ3n) is 20.2. The van der Waals surface area contributed by atoms with Crippen molar-refractivity contribution in [3.05, 3.63) is 72.4 Å². The van der Waals surface area contributed by atoms with Gasteiger partial charge >= 0.3 is 5.97 Å². The van der Waals surface area contributed by atoms with Crippen LogP contribution < -0.4 is 26.6 Å². The Morgan fingerprint density at radius 1 is 0.544 bits per heavy atom. The van der Waals surface area contributed by atoms with Gasteiger partial charge < -0.3 is 120 Å². The fraction of sp³-hybridized carbons (Fsp3) is 0.787. The third kappa shape index (κ3) is 27.0. The van der Waals surface area contributed by atoms with E-state index < -0.39 is 178 Å². The summed E-state index contributed by atoms with van der Waals surface area (Å²) >= 11 is 0. The van der Waals surface area contributed by atoms with Crippen LogP contribution in [0.15, 0.2) is 72.4 Å².